The lowest BCUT2D eigenvalue weighted by Crippen LogP contribution is -2.35. The lowest BCUT2D eigenvalue weighted by atomic mass is 9.76. The van der Waals surface area contributed by atoms with Crippen molar-refractivity contribution in [2.24, 2.45) is 11.8 Å². The summed E-state index contributed by atoms with van der Waals surface area (Å²) >= 11 is 0. The largest absolute Gasteiger partial charge is 0.478 e. The van der Waals surface area contributed by atoms with Gasteiger partial charge in [0, 0.05) is 19.6 Å². The van der Waals surface area contributed by atoms with E-state index in [1.165, 1.54) is 19.3 Å². The lowest BCUT2D eigenvalue weighted by molar-refractivity contribution is 0.0696. The molecule has 1 aromatic carbocycles. The molecule has 114 valence electrons. The first-order valence-corrected chi connectivity index (χ1v) is 7.85. The minimum absolute atomic E-state index is 0.370. The van der Waals surface area contributed by atoms with E-state index in [0.29, 0.717) is 11.5 Å². The van der Waals surface area contributed by atoms with E-state index >= 15 is 0 Å². The quantitative estimate of drug-likeness (QED) is 0.925. The molecule has 3 rings (SSSR count). The number of hydrogen-bond acceptors (Lipinski definition) is 3. The predicted octanol–water partition coefficient (Wildman–Crippen LogP) is 2.63. The van der Waals surface area contributed by atoms with E-state index in [1.807, 2.05) is 12.1 Å². The highest BCUT2D eigenvalue weighted by molar-refractivity contribution is 5.87. The van der Waals surface area contributed by atoms with E-state index in [2.05, 4.69) is 4.90 Å². The molecule has 4 heteroatoms. The van der Waals surface area contributed by atoms with Crippen molar-refractivity contribution in [3.8, 4) is 0 Å². The van der Waals surface area contributed by atoms with Crippen LogP contribution >= 0.6 is 0 Å². The Hall–Kier alpha value is -1.39. The van der Waals surface area contributed by atoms with Gasteiger partial charge in [-0.2, -0.15) is 0 Å². The van der Waals surface area contributed by atoms with E-state index in [4.69, 9.17) is 9.84 Å². The minimum atomic E-state index is -0.858. The maximum atomic E-state index is 11.1. The Kier molecular flexibility index (Phi) is 4.56. The number of benzene rings is 1. The molecule has 1 N–H and O–H groups in total. The summed E-state index contributed by atoms with van der Waals surface area (Å²) in [6, 6.07) is 7.27. The molecule has 0 aromatic heterocycles. The maximum Gasteiger partial charge on any atom is 0.335 e. The molecule has 1 heterocycles. The molecule has 2 aliphatic rings. The maximum absolute atomic E-state index is 11.1. The number of hydrogen-bond donors (Lipinski definition) is 1. The number of carboxylic acids is 1. The van der Waals surface area contributed by atoms with Gasteiger partial charge < -0.3 is 9.84 Å². The van der Waals surface area contributed by atoms with Gasteiger partial charge in [0.2, 0.25) is 0 Å². The van der Waals surface area contributed by atoms with Crippen molar-refractivity contribution in [2.45, 2.75) is 25.8 Å². The second-order valence-corrected chi connectivity index (χ2v) is 6.27. The zero-order chi connectivity index (χ0) is 14.7. The average Bonchev–Trinajstić information content (AvgIpc) is 2.63. The zero-order valence-electron chi connectivity index (χ0n) is 12.3. The molecule has 1 unspecified atom stereocenters. The Balaban J connectivity index is 1.65. The van der Waals surface area contributed by atoms with E-state index in [0.717, 1.165) is 44.3 Å². The molecule has 0 bridgehead atoms. The van der Waals surface area contributed by atoms with Crippen LogP contribution in [-0.2, 0) is 11.3 Å². The second kappa shape index (κ2) is 6.58. The SMILES string of the molecule is O=C(O)c1cccc(CN2CCOCC(C3CCC3)C2)c1. The van der Waals surface area contributed by atoms with Gasteiger partial charge in [-0.1, -0.05) is 31.4 Å². The first-order valence-electron chi connectivity index (χ1n) is 7.85. The first-order chi connectivity index (χ1) is 10.2. The number of carbonyl (C=O) groups is 1. The lowest BCUT2D eigenvalue weighted by Gasteiger charge is -2.35. The summed E-state index contributed by atoms with van der Waals surface area (Å²) in [4.78, 5) is 13.5. The van der Waals surface area contributed by atoms with Gasteiger partial charge in [0.05, 0.1) is 18.8 Å². The van der Waals surface area contributed by atoms with Gasteiger partial charge in [-0.3, -0.25) is 4.90 Å². The van der Waals surface area contributed by atoms with Gasteiger partial charge in [0.15, 0.2) is 0 Å². The Morgan fingerprint density at radius 3 is 2.90 bits per heavy atom. The van der Waals surface area contributed by atoms with Crippen LogP contribution in [0.1, 0.15) is 35.2 Å². The van der Waals surface area contributed by atoms with Gasteiger partial charge >= 0.3 is 5.97 Å². The van der Waals surface area contributed by atoms with Gasteiger partial charge in [0.25, 0.3) is 0 Å². The number of nitrogens with zero attached hydrogens (tertiary/aromatic N) is 1. The standard InChI is InChI=1S/C17H23NO3/c19-17(20)15-6-1-3-13(9-15)10-18-7-8-21-12-16(11-18)14-4-2-5-14/h1,3,6,9,14,16H,2,4-5,7-8,10-12H2,(H,19,20). The average molecular weight is 289 g/mol. The summed E-state index contributed by atoms with van der Waals surface area (Å²) in [7, 11) is 0. The summed E-state index contributed by atoms with van der Waals surface area (Å²) in [6.45, 7) is 4.48. The molecule has 1 aromatic rings. The van der Waals surface area contributed by atoms with Crippen molar-refractivity contribution in [1.82, 2.24) is 4.90 Å². The molecule has 2 fully saturated rings. The summed E-state index contributed by atoms with van der Waals surface area (Å²) in [6.07, 6.45) is 4.05. The van der Waals surface area contributed by atoms with Crippen molar-refractivity contribution in [3.05, 3.63) is 35.4 Å². The molecule has 1 saturated carbocycles. The number of aromatic carboxylic acids is 1. The van der Waals surface area contributed by atoms with E-state index in [9.17, 15) is 4.79 Å². The molecule has 0 radical (unpaired) electrons. The van der Waals surface area contributed by atoms with Gasteiger partial charge in [-0.15, -0.1) is 0 Å². The van der Waals surface area contributed by atoms with Crippen molar-refractivity contribution in [3.63, 3.8) is 0 Å². The topological polar surface area (TPSA) is 49.8 Å². The Morgan fingerprint density at radius 2 is 2.19 bits per heavy atom. The summed E-state index contributed by atoms with van der Waals surface area (Å²) in [5.74, 6) is 0.614. The highest BCUT2D eigenvalue weighted by Crippen LogP contribution is 2.34. The molecule has 0 amide bonds. The van der Waals surface area contributed by atoms with Crippen LogP contribution in [-0.4, -0.2) is 42.3 Å². The molecular weight excluding hydrogens is 266 g/mol. The van der Waals surface area contributed by atoms with Crippen molar-refractivity contribution >= 4 is 5.97 Å². The van der Waals surface area contributed by atoms with Gasteiger partial charge in [-0.25, -0.2) is 4.79 Å². The van der Waals surface area contributed by atoms with Crippen LogP contribution in [0.4, 0.5) is 0 Å². The Bertz CT molecular complexity index is 499. The Labute approximate surface area is 125 Å². The third kappa shape index (κ3) is 3.63. The number of ether oxygens (including phenoxy) is 1. The third-order valence-electron chi connectivity index (χ3n) is 4.77. The molecule has 21 heavy (non-hydrogen) atoms. The van der Waals surface area contributed by atoms with Crippen molar-refractivity contribution in [1.29, 1.82) is 0 Å². The van der Waals surface area contributed by atoms with Crippen LogP contribution in [0.5, 0.6) is 0 Å². The minimum Gasteiger partial charge on any atom is -0.478 e. The van der Waals surface area contributed by atoms with E-state index in [-0.39, 0.29) is 0 Å². The molecule has 0 spiro atoms. The van der Waals surface area contributed by atoms with Crippen LogP contribution in [0.2, 0.25) is 0 Å². The highest BCUT2D eigenvalue weighted by Gasteiger charge is 2.30. The van der Waals surface area contributed by atoms with Crippen LogP contribution in [0.3, 0.4) is 0 Å². The van der Waals surface area contributed by atoms with E-state index < -0.39 is 5.97 Å². The third-order valence-corrected chi connectivity index (χ3v) is 4.77. The van der Waals surface area contributed by atoms with Crippen molar-refractivity contribution in [2.75, 3.05) is 26.3 Å². The number of rotatable bonds is 4. The van der Waals surface area contributed by atoms with Gasteiger partial charge in [-0.05, 0) is 29.5 Å². The summed E-state index contributed by atoms with van der Waals surface area (Å²) in [5.41, 5.74) is 1.44. The van der Waals surface area contributed by atoms with Crippen molar-refractivity contribution < 1.29 is 14.6 Å². The fourth-order valence-corrected chi connectivity index (χ4v) is 3.30. The van der Waals surface area contributed by atoms with Crippen LogP contribution < -0.4 is 0 Å². The van der Waals surface area contributed by atoms with E-state index in [1.54, 1.807) is 12.1 Å². The molecule has 1 saturated heterocycles. The monoisotopic (exact) mass is 289 g/mol. The fraction of sp³-hybridized carbons (Fsp3) is 0.588. The number of carboxylic acid groups (broad SMARTS) is 1. The summed E-state index contributed by atoms with van der Waals surface area (Å²) in [5, 5.41) is 9.08. The zero-order valence-corrected chi connectivity index (χ0v) is 12.3. The normalized spacial score (nSPS) is 24.3. The molecular formula is C17H23NO3. The summed E-state index contributed by atoms with van der Waals surface area (Å²) < 4.78 is 5.76. The van der Waals surface area contributed by atoms with Crippen LogP contribution in [0, 0.1) is 11.8 Å². The molecule has 1 atom stereocenters. The molecule has 1 aliphatic heterocycles. The highest BCUT2D eigenvalue weighted by atomic mass is 16.5. The van der Waals surface area contributed by atoms with Crippen LogP contribution in [0.15, 0.2) is 24.3 Å². The van der Waals surface area contributed by atoms with Crippen LogP contribution in [0.25, 0.3) is 0 Å². The Morgan fingerprint density at radius 1 is 1.33 bits per heavy atom. The second-order valence-electron chi connectivity index (χ2n) is 6.27. The fourth-order valence-electron chi connectivity index (χ4n) is 3.30. The predicted molar refractivity (Wildman–Crippen MR) is 80.3 cm³/mol. The molecule has 1 aliphatic carbocycles. The van der Waals surface area contributed by atoms with Gasteiger partial charge in [0.1, 0.15) is 0 Å². The molecule has 4 nitrogen and oxygen atoms in total. The first kappa shape index (κ1) is 14.5. The smallest absolute Gasteiger partial charge is 0.335 e.